The second-order valence-corrected chi connectivity index (χ2v) is 6.51. The molecule has 0 fully saturated rings. The second-order valence-electron chi connectivity index (χ2n) is 6.51. The maximum atomic E-state index is 13.1. The van der Waals surface area contributed by atoms with Gasteiger partial charge in [-0.1, -0.05) is 48.5 Å². The Bertz CT molecular complexity index is 1120. The van der Waals surface area contributed by atoms with Crippen LogP contribution in [-0.2, 0) is 13.1 Å². The number of para-hydroxylation sites is 1. The molecular weight excluding hydrogens is 336 g/mol. The van der Waals surface area contributed by atoms with Crippen molar-refractivity contribution < 1.29 is 5.11 Å². The molecule has 3 aromatic carbocycles. The highest BCUT2D eigenvalue weighted by Gasteiger charge is 2.10. The minimum atomic E-state index is 0.00355. The molecule has 0 spiro atoms. The third-order valence-electron chi connectivity index (χ3n) is 4.61. The van der Waals surface area contributed by atoms with Gasteiger partial charge in [0.1, 0.15) is 5.75 Å². The third kappa shape index (κ3) is 3.70. The molecule has 0 radical (unpaired) electrons. The van der Waals surface area contributed by atoms with Gasteiger partial charge >= 0.3 is 0 Å². The molecule has 0 aliphatic rings. The molecule has 0 saturated carbocycles. The maximum absolute atomic E-state index is 13.1. The summed E-state index contributed by atoms with van der Waals surface area (Å²) >= 11 is 0. The van der Waals surface area contributed by atoms with Gasteiger partial charge in [-0.2, -0.15) is 0 Å². The zero-order chi connectivity index (χ0) is 18.6. The van der Waals surface area contributed by atoms with Crippen molar-refractivity contribution in [3.05, 3.63) is 106 Å². The molecule has 4 heteroatoms. The van der Waals surface area contributed by atoms with E-state index >= 15 is 0 Å². The lowest BCUT2D eigenvalue weighted by Crippen LogP contribution is -2.26. The first kappa shape index (κ1) is 16.9. The Labute approximate surface area is 157 Å². The van der Waals surface area contributed by atoms with Crippen LogP contribution in [0, 0.1) is 0 Å². The molecular formula is C23H20N2O2. The van der Waals surface area contributed by atoms with Gasteiger partial charge in [-0.15, -0.1) is 0 Å². The summed E-state index contributed by atoms with van der Waals surface area (Å²) in [4.78, 5) is 13.1. The smallest absolute Gasteiger partial charge is 0.256 e. The summed E-state index contributed by atoms with van der Waals surface area (Å²) < 4.78 is 1.83. The van der Waals surface area contributed by atoms with E-state index in [2.05, 4.69) is 5.32 Å². The molecule has 0 aliphatic heterocycles. The fourth-order valence-corrected chi connectivity index (χ4v) is 3.21. The van der Waals surface area contributed by atoms with Crippen LogP contribution in [0.4, 0.5) is 5.69 Å². The van der Waals surface area contributed by atoms with E-state index in [9.17, 15) is 9.90 Å². The summed E-state index contributed by atoms with van der Waals surface area (Å²) in [5.74, 6) is 0.219. The second kappa shape index (κ2) is 7.38. The number of aromatic hydroxyl groups is 1. The molecule has 0 unspecified atom stereocenters. The molecule has 134 valence electrons. The van der Waals surface area contributed by atoms with Crippen molar-refractivity contribution in [2.24, 2.45) is 0 Å². The number of nitrogens with zero attached hydrogens (tertiary/aromatic N) is 1. The normalized spacial score (nSPS) is 10.8. The number of aromatic nitrogens is 1. The van der Waals surface area contributed by atoms with Crippen LogP contribution in [0.2, 0.25) is 0 Å². The lowest BCUT2D eigenvalue weighted by molar-refractivity contribution is 0.475. The molecule has 1 aromatic heterocycles. The quantitative estimate of drug-likeness (QED) is 0.522. The number of pyridine rings is 1. The number of phenolic OH excluding ortho intramolecular Hbond substituents is 1. The van der Waals surface area contributed by atoms with E-state index in [1.165, 1.54) is 0 Å². The van der Waals surface area contributed by atoms with E-state index in [0.717, 1.165) is 22.2 Å². The van der Waals surface area contributed by atoms with E-state index in [-0.39, 0.29) is 11.3 Å². The van der Waals surface area contributed by atoms with Crippen molar-refractivity contribution in [1.29, 1.82) is 0 Å². The number of benzene rings is 3. The van der Waals surface area contributed by atoms with Crippen molar-refractivity contribution in [2.75, 3.05) is 5.32 Å². The highest BCUT2D eigenvalue weighted by atomic mass is 16.3. The van der Waals surface area contributed by atoms with E-state index in [1.54, 1.807) is 24.3 Å². The highest BCUT2D eigenvalue weighted by molar-refractivity contribution is 5.79. The average Bonchev–Trinajstić information content (AvgIpc) is 2.71. The van der Waals surface area contributed by atoms with E-state index in [1.807, 2.05) is 65.2 Å². The summed E-state index contributed by atoms with van der Waals surface area (Å²) in [6.07, 6.45) is 0. The summed E-state index contributed by atoms with van der Waals surface area (Å²) in [5.41, 5.74) is 3.59. The zero-order valence-corrected chi connectivity index (χ0v) is 14.8. The van der Waals surface area contributed by atoms with Gasteiger partial charge in [-0.25, -0.2) is 0 Å². The van der Waals surface area contributed by atoms with E-state index in [4.69, 9.17) is 0 Å². The monoisotopic (exact) mass is 356 g/mol. The fraction of sp³-hybridized carbons (Fsp3) is 0.0870. The lowest BCUT2D eigenvalue weighted by atomic mass is 10.1. The fourth-order valence-electron chi connectivity index (χ4n) is 3.21. The van der Waals surface area contributed by atoms with Crippen molar-refractivity contribution in [3.8, 4) is 5.75 Å². The number of phenols is 1. The Kier molecular flexibility index (Phi) is 4.62. The van der Waals surface area contributed by atoms with Crippen LogP contribution < -0.4 is 10.9 Å². The Morgan fingerprint density at radius 3 is 2.33 bits per heavy atom. The molecule has 4 aromatic rings. The van der Waals surface area contributed by atoms with Gasteiger partial charge in [0.15, 0.2) is 0 Å². The maximum Gasteiger partial charge on any atom is 0.256 e. The van der Waals surface area contributed by atoms with Gasteiger partial charge in [0.25, 0.3) is 5.56 Å². The number of nitrogens with one attached hydrogen (secondary N) is 1. The van der Waals surface area contributed by atoms with Gasteiger partial charge in [0, 0.05) is 17.8 Å². The minimum absolute atomic E-state index is 0.00355. The van der Waals surface area contributed by atoms with Crippen molar-refractivity contribution in [2.45, 2.75) is 13.1 Å². The number of hydrogen-bond donors (Lipinski definition) is 2. The standard InChI is InChI=1S/C23H20N2O2/c26-21-12-10-20(11-13-21)24-15-19-14-18-8-4-5-9-22(18)25(23(19)27)16-17-6-2-1-3-7-17/h1-14,24,26H,15-16H2. The van der Waals surface area contributed by atoms with E-state index in [0.29, 0.717) is 18.7 Å². The third-order valence-corrected chi connectivity index (χ3v) is 4.61. The van der Waals surface area contributed by atoms with Gasteiger partial charge in [0.05, 0.1) is 12.1 Å². The number of rotatable bonds is 5. The van der Waals surface area contributed by atoms with Crippen LogP contribution in [0.25, 0.3) is 10.9 Å². The molecule has 4 rings (SSSR count). The Morgan fingerprint density at radius 2 is 1.56 bits per heavy atom. The van der Waals surface area contributed by atoms with Crippen LogP contribution in [0.5, 0.6) is 5.75 Å². The van der Waals surface area contributed by atoms with Crippen LogP contribution >= 0.6 is 0 Å². The predicted molar refractivity (Wildman–Crippen MR) is 109 cm³/mol. The van der Waals surface area contributed by atoms with Crippen LogP contribution in [0.3, 0.4) is 0 Å². The molecule has 0 bridgehead atoms. The molecule has 0 amide bonds. The van der Waals surface area contributed by atoms with Gasteiger partial charge < -0.3 is 15.0 Å². The van der Waals surface area contributed by atoms with Crippen molar-refractivity contribution in [3.63, 3.8) is 0 Å². The first-order valence-electron chi connectivity index (χ1n) is 8.89. The van der Waals surface area contributed by atoms with Gasteiger partial charge in [-0.3, -0.25) is 4.79 Å². The first-order valence-corrected chi connectivity index (χ1v) is 8.89. The summed E-state index contributed by atoms with van der Waals surface area (Å²) in [6.45, 7) is 0.955. The summed E-state index contributed by atoms with van der Waals surface area (Å²) in [5, 5.41) is 13.7. The van der Waals surface area contributed by atoms with Gasteiger partial charge in [0.2, 0.25) is 0 Å². The van der Waals surface area contributed by atoms with Crippen LogP contribution in [-0.4, -0.2) is 9.67 Å². The van der Waals surface area contributed by atoms with Gasteiger partial charge in [-0.05, 0) is 47.3 Å². The average molecular weight is 356 g/mol. The van der Waals surface area contributed by atoms with Crippen molar-refractivity contribution in [1.82, 2.24) is 4.57 Å². The van der Waals surface area contributed by atoms with Crippen LogP contribution in [0.15, 0.2) is 89.7 Å². The molecule has 27 heavy (non-hydrogen) atoms. The highest BCUT2D eigenvalue weighted by Crippen LogP contribution is 2.17. The molecule has 0 saturated heterocycles. The number of anilines is 1. The SMILES string of the molecule is O=c1c(CNc2ccc(O)cc2)cc2ccccc2n1Cc1ccccc1. The summed E-state index contributed by atoms with van der Waals surface area (Å²) in [6, 6.07) is 26.7. The minimum Gasteiger partial charge on any atom is -0.508 e. The lowest BCUT2D eigenvalue weighted by Gasteiger charge is -2.14. The van der Waals surface area contributed by atoms with Crippen molar-refractivity contribution >= 4 is 16.6 Å². The Morgan fingerprint density at radius 1 is 0.852 bits per heavy atom. The topological polar surface area (TPSA) is 54.3 Å². The molecule has 2 N–H and O–H groups in total. The Balaban J connectivity index is 1.71. The Hall–Kier alpha value is -3.53. The molecule has 0 atom stereocenters. The molecule has 1 heterocycles. The predicted octanol–water partition coefficient (Wildman–Crippen LogP) is 4.37. The zero-order valence-electron chi connectivity index (χ0n) is 14.8. The molecule has 4 nitrogen and oxygen atoms in total. The number of fused-ring (bicyclic) bond motifs is 1. The van der Waals surface area contributed by atoms with E-state index < -0.39 is 0 Å². The molecule has 0 aliphatic carbocycles. The largest absolute Gasteiger partial charge is 0.508 e. The van der Waals surface area contributed by atoms with Crippen LogP contribution in [0.1, 0.15) is 11.1 Å². The number of hydrogen-bond acceptors (Lipinski definition) is 3. The first-order chi connectivity index (χ1) is 13.2. The summed E-state index contributed by atoms with van der Waals surface area (Å²) in [7, 11) is 0.